The third-order valence-electron chi connectivity index (χ3n) is 5.89. The fraction of sp³-hybridized carbons (Fsp3) is 0.650. The maximum absolute atomic E-state index is 13.6. The van der Waals surface area contributed by atoms with Crippen LogP contribution in [-0.4, -0.2) is 52.3 Å². The summed E-state index contributed by atoms with van der Waals surface area (Å²) in [6.45, 7) is 6.07. The van der Waals surface area contributed by atoms with E-state index in [-0.39, 0.29) is 19.4 Å². The van der Waals surface area contributed by atoms with Gasteiger partial charge in [-0.1, -0.05) is 0 Å². The van der Waals surface area contributed by atoms with Crippen LogP contribution in [0, 0.1) is 56.2 Å². The molecule has 160 valence electrons. The van der Waals surface area contributed by atoms with Crippen molar-refractivity contribution in [1.29, 1.82) is 21.0 Å². The molecule has 3 fully saturated rings. The Labute approximate surface area is 178 Å². The van der Waals surface area contributed by atoms with Gasteiger partial charge in [0.15, 0.2) is 5.72 Å². The van der Waals surface area contributed by atoms with Crippen molar-refractivity contribution in [1.82, 2.24) is 4.90 Å². The number of amides is 1. The lowest BCUT2D eigenvalue weighted by Gasteiger charge is -2.45. The van der Waals surface area contributed by atoms with Crippen LogP contribution in [0.4, 0.5) is 0 Å². The first-order valence-electron chi connectivity index (χ1n) is 9.53. The lowest BCUT2D eigenvalue weighted by atomic mass is 9.53. The van der Waals surface area contributed by atoms with Gasteiger partial charge in [0, 0.05) is 6.42 Å². The molecule has 0 aromatic carbocycles. The van der Waals surface area contributed by atoms with Crippen LogP contribution >= 0.6 is 0 Å². The fourth-order valence-corrected chi connectivity index (χ4v) is 4.77. The minimum atomic E-state index is -2.89. The Morgan fingerprint density at radius 2 is 1.68 bits per heavy atom. The lowest BCUT2D eigenvalue weighted by molar-refractivity contribution is -0.176. The third kappa shape index (κ3) is 2.14. The molecule has 3 atom stereocenters. The number of carbonyl (C=O) groups excluding carboxylic acids is 3. The first-order valence-corrected chi connectivity index (χ1v) is 9.53. The summed E-state index contributed by atoms with van der Waals surface area (Å²) in [5.74, 6) is -3.37. The maximum Gasteiger partial charge on any atom is 0.351 e. The van der Waals surface area contributed by atoms with E-state index in [9.17, 15) is 35.4 Å². The van der Waals surface area contributed by atoms with Crippen molar-refractivity contribution < 1.29 is 28.6 Å². The third-order valence-corrected chi connectivity index (χ3v) is 5.89. The predicted molar refractivity (Wildman–Crippen MR) is 96.2 cm³/mol. The van der Waals surface area contributed by atoms with E-state index in [1.165, 1.54) is 6.92 Å². The SMILES string of the molecule is CCOC(=O)[C@@]12O[C@]3(CC[C@H](C(=O)OC(C)(C)C)N3C1=O)C(C#N)(C#N)C2(C#N)C#N. The molecule has 1 amide bonds. The Hall–Kier alpha value is -3.67. The Kier molecular flexibility index (Phi) is 4.56. The molecular weight excluding hydrogens is 406 g/mol. The van der Waals surface area contributed by atoms with Gasteiger partial charge >= 0.3 is 11.9 Å². The first-order chi connectivity index (χ1) is 14.4. The number of rotatable bonds is 3. The summed E-state index contributed by atoms with van der Waals surface area (Å²) < 4.78 is 16.1. The smallest absolute Gasteiger partial charge is 0.351 e. The summed E-state index contributed by atoms with van der Waals surface area (Å²) in [7, 11) is 0. The van der Waals surface area contributed by atoms with Gasteiger partial charge in [-0.2, -0.15) is 21.0 Å². The number of fused-ring (bicyclic) bond motifs is 1. The summed E-state index contributed by atoms with van der Waals surface area (Å²) in [5.41, 5.74) is -11.4. The minimum absolute atomic E-state index is 0.0579. The van der Waals surface area contributed by atoms with Crippen molar-refractivity contribution >= 4 is 17.8 Å². The Balaban J connectivity index is 2.31. The summed E-state index contributed by atoms with van der Waals surface area (Å²) >= 11 is 0. The van der Waals surface area contributed by atoms with Crippen molar-refractivity contribution in [2.24, 2.45) is 10.8 Å². The number of hydrogen-bond donors (Lipinski definition) is 0. The summed E-state index contributed by atoms with van der Waals surface area (Å²) in [4.78, 5) is 40.2. The van der Waals surface area contributed by atoms with Gasteiger partial charge in [-0.15, -0.1) is 0 Å². The second-order valence-corrected chi connectivity index (χ2v) is 8.50. The van der Waals surface area contributed by atoms with Crippen molar-refractivity contribution in [3.8, 4) is 24.3 Å². The van der Waals surface area contributed by atoms with Crippen LogP contribution in [0.25, 0.3) is 0 Å². The molecule has 3 aliphatic heterocycles. The second-order valence-electron chi connectivity index (χ2n) is 8.50. The summed E-state index contributed by atoms with van der Waals surface area (Å²) in [5, 5.41) is 40.0. The molecule has 11 heteroatoms. The highest BCUT2D eigenvalue weighted by Gasteiger charge is 2.96. The van der Waals surface area contributed by atoms with E-state index in [1.54, 1.807) is 45.0 Å². The van der Waals surface area contributed by atoms with E-state index >= 15 is 0 Å². The number of piperidine rings is 1. The molecule has 0 aromatic heterocycles. The molecule has 1 spiro atoms. The number of carbonyl (C=O) groups is 3. The molecular formula is C20H19N5O6. The molecule has 11 nitrogen and oxygen atoms in total. The standard InChI is InChI=1S/C20H19N5O6/c1-5-29-15(28)20-14(27)25-12(13(26)30-16(2,3)4)6-7-19(25,31-20)17(8-21,9-22)18(20,10-23)11-24/h12H,5-7H2,1-4H3/t12-,19-,20+/m1/s1. The van der Waals surface area contributed by atoms with Crippen LogP contribution in [0.5, 0.6) is 0 Å². The normalized spacial score (nSPS) is 31.5. The Morgan fingerprint density at radius 1 is 1.13 bits per heavy atom. The molecule has 0 radical (unpaired) electrons. The highest BCUT2D eigenvalue weighted by molar-refractivity contribution is 6.13. The summed E-state index contributed by atoms with van der Waals surface area (Å²) in [6.07, 6.45) is -0.298. The van der Waals surface area contributed by atoms with Crippen molar-refractivity contribution in [2.75, 3.05) is 6.61 Å². The van der Waals surface area contributed by atoms with Gasteiger partial charge in [0.2, 0.25) is 10.8 Å². The summed E-state index contributed by atoms with van der Waals surface area (Å²) in [6, 6.07) is 5.19. The van der Waals surface area contributed by atoms with Gasteiger partial charge in [0.1, 0.15) is 11.6 Å². The molecule has 3 heterocycles. The van der Waals surface area contributed by atoms with Crippen LogP contribution in [-0.2, 0) is 28.6 Å². The Morgan fingerprint density at radius 3 is 2.13 bits per heavy atom. The van der Waals surface area contributed by atoms with E-state index in [1.807, 2.05) is 0 Å². The van der Waals surface area contributed by atoms with Crippen LogP contribution in [0.15, 0.2) is 0 Å². The molecule has 31 heavy (non-hydrogen) atoms. The monoisotopic (exact) mass is 425 g/mol. The minimum Gasteiger partial charge on any atom is -0.463 e. The van der Waals surface area contributed by atoms with Crippen LogP contribution < -0.4 is 0 Å². The van der Waals surface area contributed by atoms with Gasteiger partial charge in [0.05, 0.1) is 30.9 Å². The van der Waals surface area contributed by atoms with E-state index in [4.69, 9.17) is 14.2 Å². The average Bonchev–Trinajstić information content (AvgIpc) is 3.28. The molecule has 2 bridgehead atoms. The number of esters is 2. The van der Waals surface area contributed by atoms with Crippen molar-refractivity contribution in [3.05, 3.63) is 0 Å². The predicted octanol–water partition coefficient (Wildman–Crippen LogP) is 0.428. The zero-order valence-electron chi connectivity index (χ0n) is 17.4. The van der Waals surface area contributed by atoms with Gasteiger partial charge in [-0.05, 0) is 34.1 Å². The van der Waals surface area contributed by atoms with E-state index in [0.29, 0.717) is 0 Å². The van der Waals surface area contributed by atoms with Gasteiger partial charge in [-0.25, -0.2) is 9.59 Å². The number of nitriles is 4. The van der Waals surface area contributed by atoms with Crippen LogP contribution in [0.3, 0.4) is 0 Å². The molecule has 0 aromatic rings. The van der Waals surface area contributed by atoms with Crippen molar-refractivity contribution in [3.63, 3.8) is 0 Å². The van der Waals surface area contributed by atoms with Crippen LogP contribution in [0.2, 0.25) is 0 Å². The molecule has 3 saturated heterocycles. The fourth-order valence-electron chi connectivity index (χ4n) is 4.77. The molecule has 0 saturated carbocycles. The molecule has 0 N–H and O–H groups in total. The van der Waals surface area contributed by atoms with Gasteiger partial charge in [-0.3, -0.25) is 9.69 Å². The first kappa shape index (κ1) is 22.0. The number of ether oxygens (including phenoxy) is 3. The molecule has 3 aliphatic rings. The average molecular weight is 425 g/mol. The van der Waals surface area contributed by atoms with E-state index in [2.05, 4.69) is 0 Å². The van der Waals surface area contributed by atoms with E-state index < -0.39 is 51.6 Å². The quantitative estimate of drug-likeness (QED) is 0.455. The lowest BCUT2D eigenvalue weighted by Crippen LogP contribution is -2.71. The highest BCUT2D eigenvalue weighted by Crippen LogP contribution is 2.72. The van der Waals surface area contributed by atoms with E-state index in [0.717, 1.165) is 4.90 Å². The highest BCUT2D eigenvalue weighted by atomic mass is 16.6. The van der Waals surface area contributed by atoms with Gasteiger partial charge in [0.25, 0.3) is 11.5 Å². The maximum atomic E-state index is 13.6. The zero-order valence-corrected chi connectivity index (χ0v) is 17.4. The molecule has 0 aliphatic carbocycles. The molecule has 0 unspecified atom stereocenters. The van der Waals surface area contributed by atoms with Gasteiger partial charge < -0.3 is 14.2 Å². The number of nitrogens with zero attached hydrogens (tertiary/aromatic N) is 5. The van der Waals surface area contributed by atoms with Crippen molar-refractivity contribution in [2.45, 2.75) is 63.5 Å². The Bertz CT molecular complexity index is 1020. The zero-order chi connectivity index (χ0) is 23.5. The number of hydrogen-bond acceptors (Lipinski definition) is 10. The molecule has 3 rings (SSSR count). The largest absolute Gasteiger partial charge is 0.463 e. The topological polar surface area (TPSA) is 177 Å². The second kappa shape index (κ2) is 6.41. The van der Waals surface area contributed by atoms with Crippen LogP contribution in [0.1, 0.15) is 40.5 Å².